The molecule has 0 spiro atoms. The van der Waals surface area contributed by atoms with Gasteiger partial charge in [-0.1, -0.05) is 44.2 Å². The van der Waals surface area contributed by atoms with Gasteiger partial charge in [-0.2, -0.15) is 0 Å². The van der Waals surface area contributed by atoms with Crippen LogP contribution in [0.2, 0.25) is 0 Å². The fourth-order valence-corrected chi connectivity index (χ4v) is 1.03. The highest BCUT2D eigenvalue weighted by Crippen LogP contribution is 1.93. The van der Waals surface area contributed by atoms with Crippen LogP contribution < -0.4 is 5.32 Å². The van der Waals surface area contributed by atoms with E-state index < -0.39 is 0 Å². The summed E-state index contributed by atoms with van der Waals surface area (Å²) >= 11 is 0. The van der Waals surface area contributed by atoms with Gasteiger partial charge in [0.25, 0.3) is 0 Å². The zero-order valence-electron chi connectivity index (χ0n) is 10.6. The maximum Gasteiger partial charge on any atom is 0.243 e. The third-order valence-corrected chi connectivity index (χ3v) is 1.89. The number of hydrogen-bond acceptors (Lipinski definition) is 1. The molecule has 0 saturated carbocycles. The normalized spacial score (nSPS) is 12.2. The number of carbonyl (C=O) groups excluding carboxylic acids is 1. The van der Waals surface area contributed by atoms with E-state index in [4.69, 9.17) is 0 Å². The highest BCUT2D eigenvalue weighted by molar-refractivity contribution is 5.87. The minimum Gasteiger partial charge on any atom is -0.352 e. The predicted octanol–water partition coefficient (Wildman–Crippen LogP) is 3.23. The first-order valence-corrected chi connectivity index (χ1v) is 5.89. The van der Waals surface area contributed by atoms with Crippen LogP contribution in [-0.4, -0.2) is 12.5 Å². The van der Waals surface area contributed by atoms with Gasteiger partial charge < -0.3 is 5.32 Å². The summed E-state index contributed by atoms with van der Waals surface area (Å²) < 4.78 is 0. The van der Waals surface area contributed by atoms with E-state index in [0.29, 0.717) is 5.92 Å². The highest BCUT2D eigenvalue weighted by atomic mass is 16.1. The zero-order valence-corrected chi connectivity index (χ0v) is 10.6. The van der Waals surface area contributed by atoms with E-state index in [-0.39, 0.29) is 5.91 Å². The molecule has 0 aliphatic heterocycles. The van der Waals surface area contributed by atoms with Gasteiger partial charge in [-0.3, -0.25) is 4.79 Å². The third kappa shape index (κ3) is 10.8. The maximum atomic E-state index is 11.3. The number of amides is 1. The summed E-state index contributed by atoms with van der Waals surface area (Å²) in [6.07, 6.45) is 13.5. The van der Waals surface area contributed by atoms with Crippen molar-refractivity contribution in [3.05, 3.63) is 36.5 Å². The molecule has 90 valence electrons. The predicted molar refractivity (Wildman–Crippen MR) is 70.2 cm³/mol. The Hall–Kier alpha value is -1.31. The Morgan fingerprint density at radius 3 is 2.50 bits per heavy atom. The minimum absolute atomic E-state index is 0.00568. The molecule has 0 saturated heterocycles. The van der Waals surface area contributed by atoms with Gasteiger partial charge in [0.15, 0.2) is 0 Å². The van der Waals surface area contributed by atoms with Crippen LogP contribution in [0.4, 0.5) is 0 Å². The molecule has 0 radical (unpaired) electrons. The van der Waals surface area contributed by atoms with Crippen LogP contribution in [0, 0.1) is 5.92 Å². The van der Waals surface area contributed by atoms with Crippen LogP contribution in [-0.2, 0) is 4.79 Å². The molecule has 0 aliphatic carbocycles. The van der Waals surface area contributed by atoms with Gasteiger partial charge in [0.05, 0.1) is 0 Å². The van der Waals surface area contributed by atoms with Crippen molar-refractivity contribution in [1.29, 1.82) is 0 Å². The van der Waals surface area contributed by atoms with Crippen LogP contribution in [0.25, 0.3) is 0 Å². The van der Waals surface area contributed by atoms with Crippen molar-refractivity contribution >= 4 is 5.91 Å². The van der Waals surface area contributed by atoms with Crippen molar-refractivity contribution in [3.8, 4) is 0 Å². The zero-order chi connectivity index (χ0) is 12.2. The van der Waals surface area contributed by atoms with Crippen molar-refractivity contribution in [2.75, 3.05) is 6.54 Å². The molecule has 0 heterocycles. The van der Waals surface area contributed by atoms with E-state index in [1.165, 1.54) is 0 Å². The van der Waals surface area contributed by atoms with Crippen LogP contribution in [0.3, 0.4) is 0 Å². The molecule has 0 aliphatic rings. The molecule has 16 heavy (non-hydrogen) atoms. The van der Waals surface area contributed by atoms with Gasteiger partial charge in [0, 0.05) is 6.54 Å². The summed E-state index contributed by atoms with van der Waals surface area (Å²) in [4.78, 5) is 11.3. The third-order valence-electron chi connectivity index (χ3n) is 1.89. The maximum absolute atomic E-state index is 11.3. The van der Waals surface area contributed by atoms with Crippen molar-refractivity contribution < 1.29 is 4.79 Å². The number of carbonyl (C=O) groups is 1. The van der Waals surface area contributed by atoms with E-state index in [1.54, 1.807) is 6.08 Å². The van der Waals surface area contributed by atoms with Crippen LogP contribution in [0.1, 0.15) is 33.6 Å². The number of rotatable bonds is 7. The molecule has 0 rings (SSSR count). The highest BCUT2D eigenvalue weighted by Gasteiger charge is 1.96. The first-order valence-electron chi connectivity index (χ1n) is 5.89. The van der Waals surface area contributed by atoms with Crippen molar-refractivity contribution in [2.24, 2.45) is 5.92 Å². The summed E-state index contributed by atoms with van der Waals surface area (Å²) in [6, 6.07) is 0. The second-order valence-electron chi connectivity index (χ2n) is 4.07. The lowest BCUT2D eigenvalue weighted by Gasteiger charge is -2.03. The van der Waals surface area contributed by atoms with Gasteiger partial charge in [-0.15, -0.1) is 0 Å². The standard InChI is InChI=1S/C14H23NO/c1-4-5-6-7-8-9-10-11-14(16)15-12-13(2)3/h4-7,10-11,13H,8-9,12H2,1-3H3,(H,15,16)/b5-4-,7-6-,11-10+. The molecule has 0 bridgehead atoms. The fourth-order valence-electron chi connectivity index (χ4n) is 1.03. The van der Waals surface area contributed by atoms with Gasteiger partial charge in [-0.25, -0.2) is 0 Å². The van der Waals surface area contributed by atoms with E-state index in [2.05, 4.69) is 25.2 Å². The Kier molecular flexibility index (Phi) is 9.38. The van der Waals surface area contributed by atoms with E-state index in [1.807, 2.05) is 31.2 Å². The fraction of sp³-hybridized carbons (Fsp3) is 0.500. The summed E-state index contributed by atoms with van der Waals surface area (Å²) in [5.74, 6) is 0.507. The summed E-state index contributed by atoms with van der Waals surface area (Å²) in [6.45, 7) is 6.89. The Balaban J connectivity index is 3.56. The average Bonchev–Trinajstić information content (AvgIpc) is 2.25. The van der Waals surface area contributed by atoms with Crippen molar-refractivity contribution in [2.45, 2.75) is 33.6 Å². The Labute approximate surface area is 99.1 Å². The minimum atomic E-state index is 0.00568. The first-order chi connectivity index (χ1) is 7.66. The van der Waals surface area contributed by atoms with Crippen LogP contribution in [0.5, 0.6) is 0 Å². The number of unbranched alkanes of at least 4 members (excludes halogenated alkanes) is 1. The second-order valence-corrected chi connectivity index (χ2v) is 4.07. The SMILES string of the molecule is C/C=C\C=C/CC/C=C/C(=O)NCC(C)C. The Bertz CT molecular complexity index is 262. The first kappa shape index (κ1) is 14.7. The van der Waals surface area contributed by atoms with E-state index in [0.717, 1.165) is 19.4 Å². The lowest BCUT2D eigenvalue weighted by molar-refractivity contribution is -0.116. The topological polar surface area (TPSA) is 29.1 Å². The quantitative estimate of drug-likeness (QED) is 0.399. The molecule has 0 aromatic heterocycles. The van der Waals surface area contributed by atoms with Gasteiger partial charge in [-0.05, 0) is 31.8 Å². The van der Waals surface area contributed by atoms with Gasteiger partial charge >= 0.3 is 0 Å². The smallest absolute Gasteiger partial charge is 0.243 e. The number of allylic oxidation sites excluding steroid dienone is 5. The van der Waals surface area contributed by atoms with Crippen molar-refractivity contribution in [1.82, 2.24) is 5.32 Å². The van der Waals surface area contributed by atoms with E-state index in [9.17, 15) is 4.79 Å². The largest absolute Gasteiger partial charge is 0.352 e. The lowest BCUT2D eigenvalue weighted by atomic mass is 10.2. The molecule has 1 N–H and O–H groups in total. The number of hydrogen-bond donors (Lipinski definition) is 1. The molecule has 0 aromatic rings. The van der Waals surface area contributed by atoms with Crippen LogP contribution >= 0.6 is 0 Å². The summed E-state index contributed by atoms with van der Waals surface area (Å²) in [5.41, 5.74) is 0. The summed E-state index contributed by atoms with van der Waals surface area (Å²) in [5, 5.41) is 2.84. The molecular formula is C14H23NO. The molecule has 0 fully saturated rings. The molecule has 1 amide bonds. The summed E-state index contributed by atoms with van der Waals surface area (Å²) in [7, 11) is 0. The van der Waals surface area contributed by atoms with Crippen molar-refractivity contribution in [3.63, 3.8) is 0 Å². The molecule has 2 heteroatoms. The molecular weight excluding hydrogens is 198 g/mol. The molecule has 2 nitrogen and oxygen atoms in total. The van der Waals surface area contributed by atoms with E-state index >= 15 is 0 Å². The van der Waals surface area contributed by atoms with Crippen LogP contribution in [0.15, 0.2) is 36.5 Å². The second kappa shape index (κ2) is 10.2. The lowest BCUT2D eigenvalue weighted by Crippen LogP contribution is -2.25. The molecule has 0 atom stereocenters. The molecule has 0 aromatic carbocycles. The number of nitrogens with one attached hydrogen (secondary N) is 1. The Morgan fingerprint density at radius 1 is 1.19 bits per heavy atom. The Morgan fingerprint density at radius 2 is 1.88 bits per heavy atom. The monoisotopic (exact) mass is 221 g/mol. The average molecular weight is 221 g/mol. The molecule has 0 unspecified atom stereocenters. The van der Waals surface area contributed by atoms with Gasteiger partial charge in [0.2, 0.25) is 5.91 Å². The van der Waals surface area contributed by atoms with Gasteiger partial charge in [0.1, 0.15) is 0 Å².